The molecule has 3 heterocycles. The SMILES string of the molecule is Cn1ncnc1CSc1nc(-c2cccs2)nc2ccccc12. The van der Waals surface area contributed by atoms with Crippen molar-refractivity contribution in [2.45, 2.75) is 10.8 Å². The highest BCUT2D eigenvalue weighted by atomic mass is 32.2. The Kier molecular flexibility index (Phi) is 3.80. The van der Waals surface area contributed by atoms with Gasteiger partial charge in [0.05, 0.1) is 16.1 Å². The van der Waals surface area contributed by atoms with Gasteiger partial charge in [0.15, 0.2) is 5.82 Å². The molecule has 0 aliphatic heterocycles. The van der Waals surface area contributed by atoms with Gasteiger partial charge in [-0.3, -0.25) is 4.68 Å². The number of thioether (sulfide) groups is 1. The van der Waals surface area contributed by atoms with E-state index in [0.29, 0.717) is 0 Å². The van der Waals surface area contributed by atoms with E-state index in [1.165, 1.54) is 0 Å². The van der Waals surface area contributed by atoms with E-state index in [0.717, 1.165) is 38.2 Å². The van der Waals surface area contributed by atoms with Crippen molar-refractivity contribution in [1.29, 1.82) is 0 Å². The summed E-state index contributed by atoms with van der Waals surface area (Å²) in [6, 6.07) is 12.2. The fourth-order valence-electron chi connectivity index (χ4n) is 2.26. The van der Waals surface area contributed by atoms with Crippen LogP contribution in [0.15, 0.2) is 53.1 Å². The van der Waals surface area contributed by atoms with Crippen molar-refractivity contribution < 1.29 is 0 Å². The van der Waals surface area contributed by atoms with E-state index in [4.69, 9.17) is 9.97 Å². The van der Waals surface area contributed by atoms with Crippen molar-refractivity contribution in [2.24, 2.45) is 7.05 Å². The van der Waals surface area contributed by atoms with Crippen molar-refractivity contribution in [2.75, 3.05) is 0 Å². The van der Waals surface area contributed by atoms with Crippen LogP contribution < -0.4 is 0 Å². The third kappa shape index (κ3) is 2.85. The van der Waals surface area contributed by atoms with Crippen molar-refractivity contribution in [3.8, 4) is 10.7 Å². The van der Waals surface area contributed by atoms with Crippen LogP contribution in [0.4, 0.5) is 0 Å². The van der Waals surface area contributed by atoms with Crippen molar-refractivity contribution >= 4 is 34.0 Å². The Labute approximate surface area is 141 Å². The molecule has 114 valence electrons. The molecule has 0 spiro atoms. The number of aromatic nitrogens is 5. The molecule has 0 amide bonds. The summed E-state index contributed by atoms with van der Waals surface area (Å²) in [4.78, 5) is 14.8. The third-order valence-corrected chi connectivity index (χ3v) is 5.31. The van der Waals surface area contributed by atoms with E-state index in [9.17, 15) is 0 Å². The molecule has 0 fully saturated rings. The number of nitrogens with zero attached hydrogens (tertiary/aromatic N) is 5. The second-order valence-corrected chi connectivity index (χ2v) is 6.85. The Morgan fingerprint density at radius 3 is 2.83 bits per heavy atom. The van der Waals surface area contributed by atoms with Gasteiger partial charge in [-0.1, -0.05) is 36.0 Å². The molecule has 4 rings (SSSR count). The quantitative estimate of drug-likeness (QED) is 0.418. The molecule has 3 aromatic heterocycles. The fraction of sp³-hybridized carbons (Fsp3) is 0.125. The lowest BCUT2D eigenvalue weighted by atomic mass is 10.2. The van der Waals surface area contributed by atoms with Crippen LogP contribution in [0.2, 0.25) is 0 Å². The first kappa shape index (κ1) is 14.3. The van der Waals surface area contributed by atoms with E-state index < -0.39 is 0 Å². The number of aryl methyl sites for hydroxylation is 1. The lowest BCUT2D eigenvalue weighted by Gasteiger charge is -2.07. The summed E-state index contributed by atoms with van der Waals surface area (Å²) in [6.45, 7) is 0. The maximum absolute atomic E-state index is 4.78. The second kappa shape index (κ2) is 6.10. The lowest BCUT2D eigenvalue weighted by molar-refractivity contribution is 0.730. The number of rotatable bonds is 4. The van der Waals surface area contributed by atoms with E-state index in [1.807, 2.05) is 42.8 Å². The molecule has 0 saturated heterocycles. The molecule has 0 aliphatic rings. The van der Waals surface area contributed by atoms with Crippen LogP contribution in [0.5, 0.6) is 0 Å². The summed E-state index contributed by atoms with van der Waals surface area (Å²) in [5.41, 5.74) is 0.964. The third-order valence-electron chi connectivity index (χ3n) is 3.45. The summed E-state index contributed by atoms with van der Waals surface area (Å²) >= 11 is 3.31. The molecule has 0 bridgehead atoms. The summed E-state index contributed by atoms with van der Waals surface area (Å²) in [5.74, 6) is 2.43. The van der Waals surface area contributed by atoms with Gasteiger partial charge in [-0.25, -0.2) is 15.0 Å². The molecule has 5 nitrogen and oxygen atoms in total. The molecule has 0 radical (unpaired) electrons. The minimum Gasteiger partial charge on any atom is -0.252 e. The highest BCUT2D eigenvalue weighted by Crippen LogP contribution is 2.31. The zero-order chi connectivity index (χ0) is 15.6. The molecule has 0 saturated carbocycles. The maximum Gasteiger partial charge on any atom is 0.171 e. The maximum atomic E-state index is 4.78. The number of fused-ring (bicyclic) bond motifs is 1. The summed E-state index contributed by atoms with van der Waals surface area (Å²) in [5, 5.41) is 8.20. The Balaban J connectivity index is 1.76. The van der Waals surface area contributed by atoms with Crippen molar-refractivity contribution in [1.82, 2.24) is 24.7 Å². The molecule has 0 N–H and O–H groups in total. The van der Waals surface area contributed by atoms with Crippen LogP contribution in [-0.2, 0) is 12.8 Å². The van der Waals surface area contributed by atoms with E-state index in [-0.39, 0.29) is 0 Å². The molecule has 0 unspecified atom stereocenters. The Morgan fingerprint density at radius 2 is 2.04 bits per heavy atom. The highest BCUT2D eigenvalue weighted by Gasteiger charge is 2.11. The van der Waals surface area contributed by atoms with Crippen molar-refractivity contribution in [3.63, 3.8) is 0 Å². The fourth-order valence-corrected chi connectivity index (χ4v) is 3.92. The van der Waals surface area contributed by atoms with Gasteiger partial charge in [0.2, 0.25) is 0 Å². The minimum atomic E-state index is 0.724. The van der Waals surface area contributed by atoms with Gasteiger partial charge >= 0.3 is 0 Å². The lowest BCUT2D eigenvalue weighted by Crippen LogP contribution is -1.98. The van der Waals surface area contributed by atoms with Gasteiger partial charge in [0, 0.05) is 12.4 Å². The number of thiophene rings is 1. The number of benzene rings is 1. The zero-order valence-corrected chi connectivity index (χ0v) is 14.0. The van der Waals surface area contributed by atoms with Gasteiger partial charge in [0.25, 0.3) is 0 Å². The minimum absolute atomic E-state index is 0.724. The molecule has 4 aromatic rings. The van der Waals surface area contributed by atoms with Crippen LogP contribution in [0.3, 0.4) is 0 Å². The number of para-hydroxylation sites is 1. The normalized spacial score (nSPS) is 11.2. The summed E-state index contributed by atoms with van der Waals surface area (Å²) in [7, 11) is 1.90. The predicted octanol–water partition coefficient (Wildman–Crippen LogP) is 3.78. The summed E-state index contributed by atoms with van der Waals surface area (Å²) < 4.78 is 1.79. The van der Waals surface area contributed by atoms with Gasteiger partial charge in [-0.15, -0.1) is 11.3 Å². The number of hydrogen-bond donors (Lipinski definition) is 0. The molecule has 0 atom stereocenters. The highest BCUT2D eigenvalue weighted by molar-refractivity contribution is 7.98. The second-order valence-electron chi connectivity index (χ2n) is 4.94. The monoisotopic (exact) mass is 339 g/mol. The number of hydrogen-bond acceptors (Lipinski definition) is 6. The Hall–Kier alpha value is -2.25. The molecule has 0 aliphatic carbocycles. The molecular weight excluding hydrogens is 326 g/mol. The van der Waals surface area contributed by atoms with E-state index in [2.05, 4.69) is 16.1 Å². The Bertz CT molecular complexity index is 946. The van der Waals surface area contributed by atoms with Gasteiger partial charge < -0.3 is 0 Å². The van der Waals surface area contributed by atoms with Crippen LogP contribution in [-0.4, -0.2) is 24.7 Å². The van der Waals surface area contributed by atoms with Crippen LogP contribution in [0.1, 0.15) is 5.82 Å². The first-order chi connectivity index (χ1) is 11.3. The predicted molar refractivity (Wildman–Crippen MR) is 93.4 cm³/mol. The molecule has 1 aromatic carbocycles. The van der Waals surface area contributed by atoms with Gasteiger partial charge in [-0.2, -0.15) is 5.10 Å². The van der Waals surface area contributed by atoms with Gasteiger partial charge in [-0.05, 0) is 17.5 Å². The standard InChI is InChI=1S/C16H13N5S2/c1-21-14(17-10-18-21)9-23-16-11-5-2-3-6-12(11)19-15(20-16)13-7-4-8-22-13/h2-8,10H,9H2,1H3. The zero-order valence-electron chi connectivity index (χ0n) is 12.4. The van der Waals surface area contributed by atoms with Crippen LogP contribution >= 0.6 is 23.1 Å². The van der Waals surface area contributed by atoms with Gasteiger partial charge in [0.1, 0.15) is 17.2 Å². The summed E-state index contributed by atoms with van der Waals surface area (Å²) in [6.07, 6.45) is 1.57. The first-order valence-electron chi connectivity index (χ1n) is 7.07. The van der Waals surface area contributed by atoms with E-state index >= 15 is 0 Å². The topological polar surface area (TPSA) is 56.5 Å². The molecule has 23 heavy (non-hydrogen) atoms. The molecular formula is C16H13N5S2. The largest absolute Gasteiger partial charge is 0.252 e. The Morgan fingerprint density at radius 1 is 1.13 bits per heavy atom. The molecule has 7 heteroatoms. The van der Waals surface area contributed by atoms with E-state index in [1.54, 1.807) is 34.1 Å². The average Bonchev–Trinajstić information content (AvgIpc) is 3.24. The average molecular weight is 339 g/mol. The van der Waals surface area contributed by atoms with Crippen molar-refractivity contribution in [3.05, 3.63) is 53.9 Å². The van der Waals surface area contributed by atoms with Crippen LogP contribution in [0.25, 0.3) is 21.6 Å². The first-order valence-corrected chi connectivity index (χ1v) is 8.94. The van der Waals surface area contributed by atoms with Crippen LogP contribution in [0, 0.1) is 0 Å². The smallest absolute Gasteiger partial charge is 0.171 e.